The van der Waals surface area contributed by atoms with Gasteiger partial charge < -0.3 is 10.6 Å². The number of amides is 2. The van der Waals surface area contributed by atoms with Crippen LogP contribution in [-0.2, 0) is 6.18 Å². The van der Waals surface area contributed by atoms with Gasteiger partial charge in [0.15, 0.2) is 0 Å². The van der Waals surface area contributed by atoms with E-state index in [0.717, 1.165) is 0 Å². The molecule has 0 saturated carbocycles. The molecule has 12 nitrogen and oxygen atoms in total. The van der Waals surface area contributed by atoms with Gasteiger partial charge in [-0.25, -0.2) is 10.2 Å². The van der Waals surface area contributed by atoms with Crippen LogP contribution in [0.25, 0.3) is 0 Å². The molecule has 0 aliphatic heterocycles. The van der Waals surface area contributed by atoms with Crippen molar-refractivity contribution in [3.8, 4) is 0 Å². The minimum atomic E-state index is -4.79. The standard InChI is InChI=1S/C11H6ClF3N10O2.2Na.2H/c12-6-4(16-9(26)7-18-22-23-19-7)1-3(11(13,14)15)2-5(6)17-10(27)8-20-24-25-21-8;;;;/h1-2H,(H,16,26)(H,17,27)(H,18,19,22,23)(H,20,21,24,25);;;;. The molecule has 4 N–H and O–H groups in total. The molecule has 2 amide bonds. The van der Waals surface area contributed by atoms with Crippen LogP contribution in [0.4, 0.5) is 24.5 Å². The number of tetrazole rings is 2. The number of anilines is 2. The first-order valence-electron chi connectivity index (χ1n) is 6.76. The number of hydrogen-bond acceptors (Lipinski definition) is 8. The van der Waals surface area contributed by atoms with Crippen molar-refractivity contribution in [3.63, 3.8) is 0 Å². The van der Waals surface area contributed by atoms with Crippen LogP contribution in [0.2, 0.25) is 5.02 Å². The average Bonchev–Trinajstić information content (AvgIpc) is 3.30. The number of hydrogen-bond donors (Lipinski definition) is 4. The van der Waals surface area contributed by atoms with Gasteiger partial charge in [-0.2, -0.15) is 13.2 Å². The Hall–Kier alpha value is -1.62. The van der Waals surface area contributed by atoms with Crippen molar-refractivity contribution in [3.05, 3.63) is 34.4 Å². The van der Waals surface area contributed by atoms with Gasteiger partial charge in [-0.05, 0) is 33.0 Å². The fraction of sp³-hybridized carbons (Fsp3) is 0.0909. The maximum absolute atomic E-state index is 13.2. The van der Waals surface area contributed by atoms with E-state index in [4.69, 9.17) is 11.6 Å². The van der Waals surface area contributed by atoms with Crippen LogP contribution in [0, 0.1) is 0 Å². The maximum atomic E-state index is 13.2. The zero-order valence-electron chi connectivity index (χ0n) is 12.7. The number of carbonyl (C=O) groups is 2. The number of halogens is 4. The van der Waals surface area contributed by atoms with Crippen molar-refractivity contribution in [2.24, 2.45) is 0 Å². The van der Waals surface area contributed by atoms with E-state index in [1.807, 2.05) is 0 Å². The van der Waals surface area contributed by atoms with E-state index < -0.39 is 34.9 Å². The Morgan fingerprint density at radius 2 is 1.31 bits per heavy atom. The van der Waals surface area contributed by atoms with Gasteiger partial charge in [-0.1, -0.05) is 11.6 Å². The van der Waals surface area contributed by atoms with E-state index in [-0.39, 0.29) is 75.8 Å². The Bertz CT molecular complexity index is 914. The number of benzene rings is 1. The van der Waals surface area contributed by atoms with Gasteiger partial charge in [0.05, 0.1) is 22.0 Å². The molecular weight excluding hydrogens is 443 g/mol. The summed E-state index contributed by atoms with van der Waals surface area (Å²) in [7, 11) is 0. The minimum absolute atomic E-state index is 0. The molecule has 18 heteroatoms. The molecule has 0 aliphatic carbocycles. The van der Waals surface area contributed by atoms with Crippen molar-refractivity contribution in [2.45, 2.75) is 6.18 Å². The van der Waals surface area contributed by atoms with Gasteiger partial charge in [-0.15, -0.1) is 10.2 Å². The molecule has 0 saturated heterocycles. The molecule has 0 unspecified atom stereocenters. The zero-order valence-corrected chi connectivity index (χ0v) is 13.4. The molecule has 1 aromatic carbocycles. The third kappa shape index (κ3) is 6.18. The molecule has 2 aromatic heterocycles. The third-order valence-electron chi connectivity index (χ3n) is 3.02. The molecule has 3 rings (SSSR count). The quantitative estimate of drug-likeness (QED) is 0.389. The summed E-state index contributed by atoms with van der Waals surface area (Å²) in [4.78, 5) is 23.9. The predicted molar refractivity (Wildman–Crippen MR) is 95.0 cm³/mol. The Morgan fingerprint density at radius 1 is 0.897 bits per heavy atom. The molecule has 0 fully saturated rings. The van der Waals surface area contributed by atoms with Crippen LogP contribution in [0.5, 0.6) is 0 Å². The fourth-order valence-electron chi connectivity index (χ4n) is 1.84. The summed E-state index contributed by atoms with van der Waals surface area (Å²) in [6, 6.07) is 1.19. The summed E-state index contributed by atoms with van der Waals surface area (Å²) < 4.78 is 39.5. The second-order valence-corrected chi connectivity index (χ2v) is 5.17. The van der Waals surface area contributed by atoms with Crippen LogP contribution in [-0.4, -0.2) is 112 Å². The number of rotatable bonds is 4. The van der Waals surface area contributed by atoms with Crippen LogP contribution in [0.1, 0.15) is 26.8 Å². The summed E-state index contributed by atoms with van der Waals surface area (Å²) in [5, 5.41) is 27.5. The Balaban J connectivity index is 0.00000210. The second-order valence-electron chi connectivity index (χ2n) is 4.79. The van der Waals surface area contributed by atoms with Crippen LogP contribution < -0.4 is 10.6 Å². The SMILES string of the molecule is O=C(Nc1cc(C(F)(F)F)cc(NC(=O)c2nnn[nH]2)c1Cl)c1nnn[nH]1.[NaH].[NaH]. The second kappa shape index (κ2) is 10.4. The van der Waals surface area contributed by atoms with Gasteiger partial charge in [0.1, 0.15) is 0 Å². The van der Waals surface area contributed by atoms with E-state index >= 15 is 0 Å². The third-order valence-corrected chi connectivity index (χ3v) is 3.42. The van der Waals surface area contributed by atoms with Gasteiger partial charge in [0.2, 0.25) is 11.6 Å². The summed E-state index contributed by atoms with van der Waals surface area (Å²) in [6.07, 6.45) is -4.79. The Labute approximate surface area is 207 Å². The molecule has 144 valence electrons. The number of nitrogens with one attached hydrogen (secondary N) is 4. The van der Waals surface area contributed by atoms with Crippen LogP contribution in [0.3, 0.4) is 0 Å². The van der Waals surface area contributed by atoms with E-state index in [0.29, 0.717) is 12.1 Å². The van der Waals surface area contributed by atoms with Crippen molar-refractivity contribution >= 4 is 93.9 Å². The normalized spacial score (nSPS) is 10.5. The Kier molecular flexibility index (Phi) is 9.13. The number of aromatic amines is 2. The van der Waals surface area contributed by atoms with Gasteiger partial charge in [0.25, 0.3) is 11.8 Å². The molecule has 0 aliphatic rings. The predicted octanol–water partition coefficient (Wildman–Crippen LogP) is -0.407. The van der Waals surface area contributed by atoms with Crippen molar-refractivity contribution in [2.75, 3.05) is 10.6 Å². The molecule has 2 heterocycles. The number of aromatic nitrogens is 8. The topological polar surface area (TPSA) is 167 Å². The monoisotopic (exact) mass is 450 g/mol. The first kappa shape index (κ1) is 25.4. The van der Waals surface area contributed by atoms with Gasteiger partial charge in [-0.3, -0.25) is 9.59 Å². The number of alkyl halides is 3. The van der Waals surface area contributed by atoms with Gasteiger partial charge in [0, 0.05) is 0 Å². The molecule has 0 atom stereocenters. The summed E-state index contributed by atoms with van der Waals surface area (Å²) in [5.74, 6) is -2.61. The fourth-order valence-corrected chi connectivity index (χ4v) is 2.05. The van der Waals surface area contributed by atoms with E-state index in [1.165, 1.54) is 0 Å². The summed E-state index contributed by atoms with van der Waals surface area (Å²) in [5.41, 5.74) is -2.04. The first-order chi connectivity index (χ1) is 12.8. The summed E-state index contributed by atoms with van der Waals surface area (Å²) in [6.45, 7) is 0. The van der Waals surface area contributed by atoms with E-state index in [9.17, 15) is 22.8 Å². The van der Waals surface area contributed by atoms with E-state index in [1.54, 1.807) is 0 Å². The molecule has 3 aromatic rings. The average molecular weight is 451 g/mol. The molecule has 0 bridgehead atoms. The molecule has 0 radical (unpaired) electrons. The van der Waals surface area contributed by atoms with Crippen molar-refractivity contribution in [1.82, 2.24) is 41.2 Å². The Morgan fingerprint density at radius 3 is 1.62 bits per heavy atom. The summed E-state index contributed by atoms with van der Waals surface area (Å²) >= 11 is 6.02. The molecular formula is C11H8ClF3N10Na2O2. The number of H-pyrrole nitrogens is 2. The van der Waals surface area contributed by atoms with E-state index in [2.05, 4.69) is 51.9 Å². The first-order valence-corrected chi connectivity index (χ1v) is 7.14. The number of carbonyl (C=O) groups excluding carboxylic acids is 2. The molecule has 29 heavy (non-hydrogen) atoms. The van der Waals surface area contributed by atoms with Gasteiger partial charge >= 0.3 is 65.3 Å². The van der Waals surface area contributed by atoms with Crippen molar-refractivity contribution < 1.29 is 22.8 Å². The number of nitrogens with zero attached hydrogens (tertiary/aromatic N) is 6. The van der Waals surface area contributed by atoms with Crippen LogP contribution >= 0.6 is 11.6 Å². The zero-order chi connectivity index (χ0) is 19.6. The molecule has 0 spiro atoms. The van der Waals surface area contributed by atoms with Crippen LogP contribution in [0.15, 0.2) is 12.1 Å². The van der Waals surface area contributed by atoms with Crippen molar-refractivity contribution in [1.29, 1.82) is 0 Å².